The van der Waals surface area contributed by atoms with Gasteiger partial charge in [0.15, 0.2) is 5.16 Å². The van der Waals surface area contributed by atoms with E-state index in [9.17, 15) is 0 Å². The Morgan fingerprint density at radius 3 is 2.52 bits per heavy atom. The molecule has 2 rings (SSSR count). The maximum absolute atomic E-state index is 5.47. The van der Waals surface area contributed by atoms with Crippen LogP contribution in [0.4, 0.5) is 11.9 Å². The van der Waals surface area contributed by atoms with Crippen LogP contribution in [0, 0.1) is 0 Å². The van der Waals surface area contributed by atoms with E-state index < -0.39 is 0 Å². The van der Waals surface area contributed by atoms with E-state index in [1.165, 1.54) is 12.8 Å². The van der Waals surface area contributed by atoms with Gasteiger partial charge in [0.25, 0.3) is 0 Å². The van der Waals surface area contributed by atoms with Crippen molar-refractivity contribution in [2.24, 2.45) is 5.84 Å². The molecule has 7 nitrogen and oxygen atoms in total. The summed E-state index contributed by atoms with van der Waals surface area (Å²) in [6.45, 7) is 9.56. The highest BCUT2D eigenvalue weighted by Gasteiger charge is 2.17. The Hall–Kier alpha value is -1.12. The standard InChI is InChI=1S/C13H25N7S/c1-3-19(4-2)9-10-21-13-16-11(18-14)15-12(17-13)20-7-5-6-8-20/h3-10,14H2,1-2H3,(H,15,16,17,18). The predicted octanol–water partition coefficient (Wildman–Crippen LogP) is 1.19. The van der Waals surface area contributed by atoms with Crippen LogP contribution in [0.15, 0.2) is 5.16 Å². The molecule has 21 heavy (non-hydrogen) atoms. The molecule has 0 unspecified atom stereocenters. The van der Waals surface area contributed by atoms with Gasteiger partial charge in [0.05, 0.1) is 0 Å². The fraction of sp³-hybridized carbons (Fsp3) is 0.769. The normalized spacial score (nSPS) is 15.0. The zero-order valence-electron chi connectivity index (χ0n) is 12.9. The second kappa shape index (κ2) is 8.35. The molecule has 1 fully saturated rings. The molecule has 0 aromatic carbocycles. The second-order valence-electron chi connectivity index (χ2n) is 4.96. The number of hydrogen-bond acceptors (Lipinski definition) is 8. The Morgan fingerprint density at radius 1 is 1.19 bits per heavy atom. The average molecular weight is 311 g/mol. The number of thioether (sulfide) groups is 1. The summed E-state index contributed by atoms with van der Waals surface area (Å²) in [5, 5.41) is 0.743. The number of nitrogen functional groups attached to an aromatic ring is 1. The van der Waals surface area contributed by atoms with Crippen molar-refractivity contribution in [1.82, 2.24) is 19.9 Å². The first-order valence-electron chi connectivity index (χ1n) is 7.59. The smallest absolute Gasteiger partial charge is 0.242 e. The quantitative estimate of drug-likeness (QED) is 0.421. The summed E-state index contributed by atoms with van der Waals surface area (Å²) in [7, 11) is 0. The molecule has 1 aromatic heterocycles. The van der Waals surface area contributed by atoms with Gasteiger partial charge in [-0.2, -0.15) is 15.0 Å². The van der Waals surface area contributed by atoms with Gasteiger partial charge in [-0.25, -0.2) is 5.84 Å². The van der Waals surface area contributed by atoms with E-state index in [0.717, 1.165) is 49.6 Å². The molecule has 0 spiro atoms. The van der Waals surface area contributed by atoms with Crippen LogP contribution in [-0.4, -0.2) is 58.3 Å². The highest BCUT2D eigenvalue weighted by atomic mass is 32.2. The fourth-order valence-electron chi connectivity index (χ4n) is 2.34. The Balaban J connectivity index is 1.99. The summed E-state index contributed by atoms with van der Waals surface area (Å²) < 4.78 is 0. The first-order chi connectivity index (χ1) is 10.3. The maximum Gasteiger partial charge on any atom is 0.242 e. The number of nitrogens with zero attached hydrogens (tertiary/aromatic N) is 5. The number of nitrogens with one attached hydrogen (secondary N) is 1. The Labute approximate surface area is 130 Å². The van der Waals surface area contributed by atoms with Gasteiger partial charge in [-0.3, -0.25) is 5.43 Å². The lowest BCUT2D eigenvalue weighted by Crippen LogP contribution is -2.25. The number of anilines is 2. The van der Waals surface area contributed by atoms with E-state index in [2.05, 4.69) is 44.0 Å². The van der Waals surface area contributed by atoms with Gasteiger partial charge >= 0.3 is 0 Å². The molecule has 118 valence electrons. The van der Waals surface area contributed by atoms with Gasteiger partial charge in [-0.05, 0) is 25.9 Å². The monoisotopic (exact) mass is 311 g/mol. The number of aromatic nitrogens is 3. The Morgan fingerprint density at radius 2 is 1.90 bits per heavy atom. The van der Waals surface area contributed by atoms with Crippen molar-refractivity contribution in [1.29, 1.82) is 0 Å². The van der Waals surface area contributed by atoms with Crippen LogP contribution < -0.4 is 16.2 Å². The zero-order valence-corrected chi connectivity index (χ0v) is 13.7. The molecule has 0 saturated carbocycles. The number of hydrazine groups is 1. The first kappa shape index (κ1) is 16.3. The SMILES string of the molecule is CCN(CC)CCSc1nc(NN)nc(N2CCCC2)n1. The summed E-state index contributed by atoms with van der Waals surface area (Å²) in [6.07, 6.45) is 2.39. The van der Waals surface area contributed by atoms with Crippen molar-refractivity contribution >= 4 is 23.7 Å². The second-order valence-corrected chi connectivity index (χ2v) is 6.02. The third-order valence-corrected chi connectivity index (χ3v) is 4.48. The minimum atomic E-state index is 0.442. The molecule has 0 bridgehead atoms. The molecule has 1 aliphatic rings. The van der Waals surface area contributed by atoms with Gasteiger partial charge in [0.2, 0.25) is 11.9 Å². The molecular weight excluding hydrogens is 286 g/mol. The van der Waals surface area contributed by atoms with Crippen molar-refractivity contribution in [3.63, 3.8) is 0 Å². The molecule has 0 aliphatic carbocycles. The molecule has 8 heteroatoms. The number of nitrogens with two attached hydrogens (primary N) is 1. The summed E-state index contributed by atoms with van der Waals surface area (Å²) in [5.41, 5.74) is 2.54. The summed E-state index contributed by atoms with van der Waals surface area (Å²) >= 11 is 1.66. The molecule has 0 radical (unpaired) electrons. The van der Waals surface area contributed by atoms with Gasteiger partial charge < -0.3 is 9.80 Å². The van der Waals surface area contributed by atoms with Crippen LogP contribution in [-0.2, 0) is 0 Å². The Kier molecular flexibility index (Phi) is 6.47. The van der Waals surface area contributed by atoms with Crippen molar-refractivity contribution in [3.05, 3.63) is 0 Å². The molecule has 0 atom stereocenters. The van der Waals surface area contributed by atoms with E-state index in [-0.39, 0.29) is 0 Å². The third-order valence-electron chi connectivity index (χ3n) is 3.65. The molecule has 1 aliphatic heterocycles. The van der Waals surface area contributed by atoms with Crippen molar-refractivity contribution < 1.29 is 0 Å². The lowest BCUT2D eigenvalue weighted by Gasteiger charge is -2.18. The van der Waals surface area contributed by atoms with Crippen molar-refractivity contribution in [2.75, 3.05) is 48.8 Å². The van der Waals surface area contributed by atoms with Crippen LogP contribution in [0.2, 0.25) is 0 Å². The minimum Gasteiger partial charge on any atom is -0.341 e. The first-order valence-corrected chi connectivity index (χ1v) is 8.58. The minimum absolute atomic E-state index is 0.442. The molecule has 3 N–H and O–H groups in total. The van der Waals surface area contributed by atoms with E-state index in [0.29, 0.717) is 5.95 Å². The van der Waals surface area contributed by atoms with E-state index in [1.54, 1.807) is 11.8 Å². The molecule has 1 saturated heterocycles. The molecule has 2 heterocycles. The number of rotatable bonds is 8. The molecule has 0 amide bonds. The van der Waals surface area contributed by atoms with Crippen LogP contribution in [0.25, 0.3) is 0 Å². The fourth-order valence-corrected chi connectivity index (χ4v) is 3.17. The largest absolute Gasteiger partial charge is 0.341 e. The van der Waals surface area contributed by atoms with Gasteiger partial charge in [0.1, 0.15) is 0 Å². The van der Waals surface area contributed by atoms with Crippen LogP contribution in [0.1, 0.15) is 26.7 Å². The van der Waals surface area contributed by atoms with Crippen molar-refractivity contribution in [2.45, 2.75) is 31.8 Å². The van der Waals surface area contributed by atoms with E-state index in [1.807, 2.05) is 0 Å². The van der Waals surface area contributed by atoms with Gasteiger partial charge in [-0.15, -0.1) is 0 Å². The zero-order chi connectivity index (χ0) is 15.1. The molecular formula is C13H25N7S. The Bertz CT molecular complexity index is 433. The van der Waals surface area contributed by atoms with E-state index >= 15 is 0 Å². The summed E-state index contributed by atoms with van der Waals surface area (Å²) in [5.74, 6) is 7.61. The number of hydrogen-bond donors (Lipinski definition) is 2. The summed E-state index contributed by atoms with van der Waals surface area (Å²) in [4.78, 5) is 17.8. The lowest BCUT2D eigenvalue weighted by atomic mass is 10.4. The van der Waals surface area contributed by atoms with Crippen LogP contribution in [0.3, 0.4) is 0 Å². The van der Waals surface area contributed by atoms with Gasteiger partial charge in [-0.1, -0.05) is 25.6 Å². The summed E-state index contributed by atoms with van der Waals surface area (Å²) in [6, 6.07) is 0. The van der Waals surface area contributed by atoms with Crippen LogP contribution >= 0.6 is 11.8 Å². The van der Waals surface area contributed by atoms with Gasteiger partial charge in [0, 0.05) is 25.4 Å². The lowest BCUT2D eigenvalue weighted by molar-refractivity contribution is 0.324. The maximum atomic E-state index is 5.47. The third kappa shape index (κ3) is 4.69. The van der Waals surface area contributed by atoms with Crippen molar-refractivity contribution in [3.8, 4) is 0 Å². The van der Waals surface area contributed by atoms with E-state index in [4.69, 9.17) is 5.84 Å². The highest BCUT2D eigenvalue weighted by Crippen LogP contribution is 2.21. The predicted molar refractivity (Wildman–Crippen MR) is 87.6 cm³/mol. The highest BCUT2D eigenvalue weighted by molar-refractivity contribution is 7.99. The van der Waals surface area contributed by atoms with Crippen LogP contribution in [0.5, 0.6) is 0 Å². The molecule has 1 aromatic rings. The topological polar surface area (TPSA) is 83.2 Å². The average Bonchev–Trinajstić information content (AvgIpc) is 3.05.